The number of methoxy groups -OCH3 is 1. The molecule has 0 bridgehead atoms. The second kappa shape index (κ2) is 3.05. The molecule has 3 nitrogen and oxygen atoms in total. The van der Waals surface area contributed by atoms with Gasteiger partial charge in [0, 0.05) is 5.56 Å². The fraction of sp³-hybridized carbons (Fsp3) is 0.111. The summed E-state index contributed by atoms with van der Waals surface area (Å²) in [5.74, 6) is 1.92. The van der Waals surface area contributed by atoms with Crippen molar-refractivity contribution < 1.29 is 14.9 Å². The maximum absolute atomic E-state index is 9.17. The van der Waals surface area contributed by atoms with Gasteiger partial charge in [-0.2, -0.15) is 0 Å². The Balaban J connectivity index is 3.31. The van der Waals surface area contributed by atoms with E-state index in [0.29, 0.717) is 5.56 Å². The first-order chi connectivity index (χ1) is 5.69. The smallest absolute Gasteiger partial charge is 0.200 e. The molecule has 0 saturated heterocycles. The topological polar surface area (TPSA) is 49.7 Å². The molecule has 0 amide bonds. The van der Waals surface area contributed by atoms with E-state index in [1.807, 2.05) is 0 Å². The summed E-state index contributed by atoms with van der Waals surface area (Å²) in [4.78, 5) is 0. The predicted octanol–water partition coefficient (Wildman–Crippen LogP) is 1.09. The highest BCUT2D eigenvalue weighted by molar-refractivity contribution is 5.55. The molecule has 3 heteroatoms. The third-order valence-corrected chi connectivity index (χ3v) is 1.44. The van der Waals surface area contributed by atoms with Crippen LogP contribution in [0.2, 0.25) is 0 Å². The van der Waals surface area contributed by atoms with Gasteiger partial charge in [-0.1, -0.05) is 5.92 Å². The average molecular weight is 164 g/mol. The van der Waals surface area contributed by atoms with Crippen molar-refractivity contribution in [3.63, 3.8) is 0 Å². The number of rotatable bonds is 1. The minimum Gasteiger partial charge on any atom is -0.504 e. The van der Waals surface area contributed by atoms with E-state index in [0.717, 1.165) is 0 Å². The van der Waals surface area contributed by atoms with Gasteiger partial charge in [0.15, 0.2) is 11.5 Å². The monoisotopic (exact) mass is 164 g/mol. The van der Waals surface area contributed by atoms with Crippen molar-refractivity contribution >= 4 is 0 Å². The van der Waals surface area contributed by atoms with Gasteiger partial charge in [0.05, 0.1) is 7.11 Å². The molecule has 62 valence electrons. The molecule has 1 aromatic carbocycles. The minimum atomic E-state index is -0.295. The molecule has 0 fully saturated rings. The van der Waals surface area contributed by atoms with Gasteiger partial charge >= 0.3 is 0 Å². The number of hydrogen-bond donors (Lipinski definition) is 2. The van der Waals surface area contributed by atoms with Gasteiger partial charge in [-0.25, -0.2) is 0 Å². The molecule has 0 aliphatic rings. The molecule has 1 rings (SSSR count). The fourth-order valence-electron chi connectivity index (χ4n) is 0.832. The average Bonchev–Trinajstić information content (AvgIpc) is 2.09. The molecular formula is C9H8O3. The fourth-order valence-corrected chi connectivity index (χ4v) is 0.832. The molecule has 0 saturated carbocycles. The number of phenols is 2. The third-order valence-electron chi connectivity index (χ3n) is 1.44. The number of ether oxygens (including phenoxy) is 1. The van der Waals surface area contributed by atoms with Crippen LogP contribution in [0.5, 0.6) is 17.2 Å². The SMILES string of the molecule is C#Cc1cc(O)c(O)c(OC)c1. The maximum atomic E-state index is 9.17. The van der Waals surface area contributed by atoms with Crippen LogP contribution in [0.25, 0.3) is 0 Å². The van der Waals surface area contributed by atoms with E-state index >= 15 is 0 Å². The molecule has 0 aliphatic carbocycles. The van der Waals surface area contributed by atoms with Crippen LogP contribution in [0.15, 0.2) is 12.1 Å². The van der Waals surface area contributed by atoms with Gasteiger partial charge < -0.3 is 14.9 Å². The van der Waals surface area contributed by atoms with Gasteiger partial charge in [0.1, 0.15) is 0 Å². The summed E-state index contributed by atoms with van der Waals surface area (Å²) < 4.78 is 4.76. The second-order valence-corrected chi connectivity index (χ2v) is 2.19. The van der Waals surface area contributed by atoms with Gasteiger partial charge in [-0.15, -0.1) is 6.42 Å². The van der Waals surface area contributed by atoms with E-state index in [9.17, 15) is 5.11 Å². The first kappa shape index (κ1) is 8.28. The number of terminal acetylenes is 1. The number of phenolic OH excluding ortho intramolecular Hbond substituents is 2. The summed E-state index contributed by atoms with van der Waals surface area (Å²) in [6, 6.07) is 2.76. The van der Waals surface area contributed by atoms with Crippen LogP contribution in [-0.2, 0) is 0 Å². The Hall–Kier alpha value is -1.82. The Kier molecular flexibility index (Phi) is 2.11. The highest BCUT2D eigenvalue weighted by atomic mass is 16.5. The lowest BCUT2D eigenvalue weighted by atomic mass is 10.2. The standard InChI is InChI=1S/C9H8O3/c1-3-6-4-7(10)9(11)8(5-6)12-2/h1,4-5,10-11H,2H3. The third kappa shape index (κ3) is 1.28. The van der Waals surface area contributed by atoms with Crippen LogP contribution in [0.4, 0.5) is 0 Å². The van der Waals surface area contributed by atoms with Crippen LogP contribution < -0.4 is 4.74 Å². The summed E-state index contributed by atoms with van der Waals surface area (Å²) in [5, 5.41) is 18.3. The molecule has 0 aliphatic heterocycles. The van der Waals surface area contributed by atoms with Gasteiger partial charge in [-0.05, 0) is 12.1 Å². The molecule has 0 aromatic heterocycles. The summed E-state index contributed by atoms with van der Waals surface area (Å²) >= 11 is 0. The molecule has 0 spiro atoms. The summed E-state index contributed by atoms with van der Waals surface area (Å²) in [6.07, 6.45) is 5.09. The lowest BCUT2D eigenvalue weighted by Crippen LogP contribution is -1.85. The predicted molar refractivity (Wildman–Crippen MR) is 44.3 cm³/mol. The van der Waals surface area contributed by atoms with Crippen molar-refractivity contribution in [1.29, 1.82) is 0 Å². The van der Waals surface area contributed by atoms with Crippen molar-refractivity contribution in [3.05, 3.63) is 17.7 Å². The van der Waals surface area contributed by atoms with Crippen molar-refractivity contribution in [2.75, 3.05) is 7.11 Å². The van der Waals surface area contributed by atoms with Crippen molar-refractivity contribution in [2.24, 2.45) is 0 Å². The normalized spacial score (nSPS) is 9.00. The molecule has 0 atom stereocenters. The summed E-state index contributed by atoms with van der Waals surface area (Å²) in [7, 11) is 1.38. The van der Waals surface area contributed by atoms with Crippen molar-refractivity contribution in [2.45, 2.75) is 0 Å². The van der Waals surface area contributed by atoms with E-state index in [1.54, 1.807) is 0 Å². The van der Waals surface area contributed by atoms with E-state index in [4.69, 9.17) is 16.3 Å². The van der Waals surface area contributed by atoms with Crippen molar-refractivity contribution in [3.8, 4) is 29.6 Å². The van der Waals surface area contributed by atoms with Crippen LogP contribution in [-0.4, -0.2) is 17.3 Å². The number of benzene rings is 1. The minimum absolute atomic E-state index is 0.169. The largest absolute Gasteiger partial charge is 0.504 e. The van der Waals surface area contributed by atoms with E-state index < -0.39 is 0 Å². The maximum Gasteiger partial charge on any atom is 0.200 e. The second-order valence-electron chi connectivity index (χ2n) is 2.19. The molecular weight excluding hydrogens is 156 g/mol. The Morgan fingerprint density at radius 3 is 2.58 bits per heavy atom. The number of hydrogen-bond acceptors (Lipinski definition) is 3. The van der Waals surface area contributed by atoms with Crippen molar-refractivity contribution in [1.82, 2.24) is 0 Å². The Morgan fingerprint density at radius 2 is 2.08 bits per heavy atom. The quantitative estimate of drug-likeness (QED) is 0.482. The highest BCUT2D eigenvalue weighted by Crippen LogP contribution is 2.35. The van der Waals surface area contributed by atoms with Crippen LogP contribution in [0.1, 0.15) is 5.56 Å². The zero-order chi connectivity index (χ0) is 9.14. The van der Waals surface area contributed by atoms with E-state index in [1.165, 1.54) is 19.2 Å². The van der Waals surface area contributed by atoms with E-state index in [2.05, 4.69) is 5.92 Å². The zero-order valence-electron chi connectivity index (χ0n) is 6.53. The van der Waals surface area contributed by atoms with Gasteiger partial charge in [0.2, 0.25) is 5.75 Å². The van der Waals surface area contributed by atoms with Crippen LogP contribution >= 0.6 is 0 Å². The Morgan fingerprint density at radius 1 is 1.42 bits per heavy atom. The summed E-state index contributed by atoms with van der Waals surface area (Å²) in [5.41, 5.74) is 0.460. The molecule has 1 aromatic rings. The van der Waals surface area contributed by atoms with Crippen LogP contribution in [0.3, 0.4) is 0 Å². The molecule has 2 N–H and O–H groups in total. The van der Waals surface area contributed by atoms with Crippen LogP contribution in [0, 0.1) is 12.3 Å². The first-order valence-corrected chi connectivity index (χ1v) is 3.25. The molecule has 12 heavy (non-hydrogen) atoms. The lowest BCUT2D eigenvalue weighted by molar-refractivity contribution is 0.351. The molecule has 0 heterocycles. The summed E-state index contributed by atoms with van der Waals surface area (Å²) in [6.45, 7) is 0. The molecule has 0 unspecified atom stereocenters. The Bertz CT molecular complexity index is 336. The molecule has 0 radical (unpaired) electrons. The zero-order valence-corrected chi connectivity index (χ0v) is 6.53. The van der Waals surface area contributed by atoms with Gasteiger partial charge in [0.25, 0.3) is 0 Å². The lowest BCUT2D eigenvalue weighted by Gasteiger charge is -2.04. The van der Waals surface area contributed by atoms with E-state index in [-0.39, 0.29) is 17.2 Å². The first-order valence-electron chi connectivity index (χ1n) is 3.25. The highest BCUT2D eigenvalue weighted by Gasteiger charge is 2.07. The number of aromatic hydroxyl groups is 2. The van der Waals surface area contributed by atoms with Gasteiger partial charge in [-0.3, -0.25) is 0 Å². The Labute approximate surface area is 70.2 Å².